The highest BCUT2D eigenvalue weighted by molar-refractivity contribution is 5.95. The molecular weight excluding hydrogens is 336 g/mol. The lowest BCUT2D eigenvalue weighted by Crippen LogP contribution is -2.46. The molecule has 132 valence electrons. The minimum Gasteiger partial charge on any atom is -0.485 e. The second-order valence-electron chi connectivity index (χ2n) is 5.73. The van der Waals surface area contributed by atoms with Crippen LogP contribution in [0.1, 0.15) is 0 Å². The van der Waals surface area contributed by atoms with E-state index in [4.69, 9.17) is 9.47 Å². The van der Waals surface area contributed by atoms with E-state index < -0.39 is 17.9 Å². The highest BCUT2D eigenvalue weighted by atomic mass is 16.6. The maximum absolute atomic E-state index is 12.2. The number of carbonyl (C=O) groups is 2. The van der Waals surface area contributed by atoms with Gasteiger partial charge in [-0.1, -0.05) is 24.3 Å². The van der Waals surface area contributed by atoms with Gasteiger partial charge in [-0.3, -0.25) is 14.9 Å². The van der Waals surface area contributed by atoms with Gasteiger partial charge in [0.05, 0.1) is 17.6 Å². The van der Waals surface area contributed by atoms with Crippen LogP contribution < -0.4 is 20.1 Å². The third kappa shape index (κ3) is 3.30. The Balaban J connectivity index is 1.31. The number of carbonyl (C=O) groups excluding carboxylic acids is 2. The van der Waals surface area contributed by atoms with Crippen LogP contribution in [0.15, 0.2) is 48.5 Å². The molecule has 2 amide bonds. The average Bonchev–Trinajstić information content (AvgIpc) is 3.08. The van der Waals surface area contributed by atoms with Gasteiger partial charge < -0.3 is 19.8 Å². The third-order valence-corrected chi connectivity index (χ3v) is 3.87. The fraction of sp³-hybridized carbons (Fsp3) is 0.167. The van der Waals surface area contributed by atoms with Gasteiger partial charge in [0.25, 0.3) is 5.91 Å². The summed E-state index contributed by atoms with van der Waals surface area (Å²) >= 11 is 0. The van der Waals surface area contributed by atoms with Crippen LogP contribution in [0.25, 0.3) is 11.0 Å². The molecule has 0 saturated heterocycles. The molecule has 1 atom stereocenters. The van der Waals surface area contributed by atoms with Crippen molar-refractivity contribution in [2.75, 3.05) is 18.5 Å². The minimum atomic E-state index is -0.802. The standard InChI is InChI=1S/C18H16N4O4/c23-16(22-18-20-11-5-1-2-6-12(11)21-18)9-19-17(24)15-10-25-13-7-3-4-8-14(13)26-15/h1-8,15H,9-10H2,(H,19,24)(H2,20,21,22,23). The molecule has 1 aliphatic rings. The Labute approximate surface area is 148 Å². The summed E-state index contributed by atoms with van der Waals surface area (Å²) in [5.74, 6) is 0.621. The Morgan fingerprint density at radius 2 is 1.88 bits per heavy atom. The van der Waals surface area contributed by atoms with Crippen molar-refractivity contribution in [3.05, 3.63) is 48.5 Å². The van der Waals surface area contributed by atoms with Gasteiger partial charge in [-0.05, 0) is 24.3 Å². The lowest BCUT2D eigenvalue weighted by Gasteiger charge is -2.25. The summed E-state index contributed by atoms with van der Waals surface area (Å²) in [7, 11) is 0. The molecule has 0 bridgehead atoms. The Morgan fingerprint density at radius 1 is 1.12 bits per heavy atom. The molecule has 3 N–H and O–H groups in total. The van der Waals surface area contributed by atoms with Gasteiger partial charge in [-0.2, -0.15) is 0 Å². The number of hydrogen-bond donors (Lipinski definition) is 3. The number of aromatic nitrogens is 2. The lowest BCUT2D eigenvalue weighted by molar-refractivity contribution is -0.131. The minimum absolute atomic E-state index is 0.0913. The summed E-state index contributed by atoms with van der Waals surface area (Å²) < 4.78 is 11.1. The molecule has 1 unspecified atom stereocenters. The first-order valence-electron chi connectivity index (χ1n) is 8.10. The fourth-order valence-electron chi connectivity index (χ4n) is 2.62. The summed E-state index contributed by atoms with van der Waals surface area (Å²) in [6.45, 7) is -0.106. The van der Waals surface area contributed by atoms with Crippen LogP contribution in [0.3, 0.4) is 0 Å². The van der Waals surface area contributed by atoms with E-state index in [9.17, 15) is 9.59 Å². The molecule has 8 nitrogen and oxygen atoms in total. The van der Waals surface area contributed by atoms with Gasteiger partial charge in [0.2, 0.25) is 18.0 Å². The second kappa shape index (κ2) is 6.75. The first-order valence-corrected chi connectivity index (χ1v) is 8.10. The lowest BCUT2D eigenvalue weighted by atomic mass is 10.2. The number of H-pyrrole nitrogens is 1. The highest BCUT2D eigenvalue weighted by Crippen LogP contribution is 2.30. The molecule has 1 aliphatic heterocycles. The zero-order valence-corrected chi connectivity index (χ0v) is 13.7. The Morgan fingerprint density at radius 3 is 2.73 bits per heavy atom. The van der Waals surface area contributed by atoms with E-state index in [2.05, 4.69) is 20.6 Å². The molecule has 4 rings (SSSR count). The van der Waals surface area contributed by atoms with Crippen molar-refractivity contribution in [3.8, 4) is 11.5 Å². The molecule has 26 heavy (non-hydrogen) atoms. The van der Waals surface area contributed by atoms with Crippen LogP contribution >= 0.6 is 0 Å². The predicted molar refractivity (Wildman–Crippen MR) is 94.1 cm³/mol. The van der Waals surface area contributed by atoms with Gasteiger partial charge in [-0.25, -0.2) is 4.98 Å². The summed E-state index contributed by atoms with van der Waals surface area (Å²) in [6, 6.07) is 14.5. The van der Waals surface area contributed by atoms with E-state index in [0.717, 1.165) is 11.0 Å². The van der Waals surface area contributed by atoms with Crippen LogP contribution in [0.5, 0.6) is 11.5 Å². The van der Waals surface area contributed by atoms with Crippen LogP contribution in [-0.4, -0.2) is 41.0 Å². The van der Waals surface area contributed by atoms with E-state index in [1.807, 2.05) is 30.3 Å². The number of para-hydroxylation sites is 4. The number of fused-ring (bicyclic) bond motifs is 2. The Bertz CT molecular complexity index is 935. The average molecular weight is 352 g/mol. The predicted octanol–water partition coefficient (Wildman–Crippen LogP) is 1.46. The van der Waals surface area contributed by atoms with E-state index >= 15 is 0 Å². The monoisotopic (exact) mass is 352 g/mol. The molecule has 3 aromatic rings. The SMILES string of the molecule is O=C(CNC(=O)C1COc2ccccc2O1)Nc1nc2ccccc2[nH]1. The van der Waals surface area contributed by atoms with Crippen molar-refractivity contribution in [2.45, 2.75) is 6.10 Å². The smallest absolute Gasteiger partial charge is 0.265 e. The van der Waals surface area contributed by atoms with Crippen LogP contribution in [0.4, 0.5) is 5.95 Å². The van der Waals surface area contributed by atoms with Crippen LogP contribution in [0, 0.1) is 0 Å². The van der Waals surface area contributed by atoms with Crippen molar-refractivity contribution in [2.24, 2.45) is 0 Å². The van der Waals surface area contributed by atoms with Crippen molar-refractivity contribution in [3.63, 3.8) is 0 Å². The van der Waals surface area contributed by atoms with Crippen molar-refractivity contribution in [1.29, 1.82) is 0 Å². The fourth-order valence-corrected chi connectivity index (χ4v) is 2.62. The van der Waals surface area contributed by atoms with Gasteiger partial charge >= 0.3 is 0 Å². The van der Waals surface area contributed by atoms with Crippen molar-refractivity contribution in [1.82, 2.24) is 15.3 Å². The maximum atomic E-state index is 12.2. The highest BCUT2D eigenvalue weighted by Gasteiger charge is 2.27. The molecular formula is C18H16N4O4. The zero-order chi connectivity index (χ0) is 17.9. The normalized spacial score (nSPS) is 15.5. The third-order valence-electron chi connectivity index (χ3n) is 3.87. The largest absolute Gasteiger partial charge is 0.485 e. The number of anilines is 1. The molecule has 1 aromatic heterocycles. The summed E-state index contributed by atoms with van der Waals surface area (Å²) in [4.78, 5) is 31.4. The van der Waals surface area contributed by atoms with Gasteiger partial charge in [0.15, 0.2) is 11.5 Å². The quantitative estimate of drug-likeness (QED) is 0.659. The molecule has 2 aromatic carbocycles. The number of ether oxygens (including phenoxy) is 2. The van der Waals surface area contributed by atoms with E-state index in [0.29, 0.717) is 17.4 Å². The number of hydrogen-bond acceptors (Lipinski definition) is 5. The van der Waals surface area contributed by atoms with E-state index in [1.54, 1.807) is 18.2 Å². The summed E-state index contributed by atoms with van der Waals surface area (Å²) in [6.07, 6.45) is -0.802. The Hall–Kier alpha value is -3.55. The molecule has 2 heterocycles. The van der Waals surface area contributed by atoms with Gasteiger partial charge in [0, 0.05) is 0 Å². The molecule has 0 saturated carbocycles. The van der Waals surface area contributed by atoms with Gasteiger partial charge in [0.1, 0.15) is 6.61 Å². The number of aromatic amines is 1. The maximum Gasteiger partial charge on any atom is 0.265 e. The molecule has 8 heteroatoms. The number of nitrogens with one attached hydrogen (secondary N) is 3. The van der Waals surface area contributed by atoms with Gasteiger partial charge in [-0.15, -0.1) is 0 Å². The Kier molecular flexibility index (Phi) is 4.14. The first-order chi connectivity index (χ1) is 12.7. The molecule has 0 fully saturated rings. The van der Waals surface area contributed by atoms with Crippen LogP contribution in [0.2, 0.25) is 0 Å². The van der Waals surface area contributed by atoms with E-state index in [1.165, 1.54) is 0 Å². The summed E-state index contributed by atoms with van der Waals surface area (Å²) in [5, 5.41) is 5.15. The second-order valence-corrected chi connectivity index (χ2v) is 5.73. The summed E-state index contributed by atoms with van der Waals surface area (Å²) in [5.41, 5.74) is 1.57. The first kappa shape index (κ1) is 15.9. The van der Waals surface area contributed by atoms with Crippen molar-refractivity contribution >= 4 is 28.8 Å². The zero-order valence-electron chi connectivity index (χ0n) is 13.7. The van der Waals surface area contributed by atoms with Crippen LogP contribution in [-0.2, 0) is 9.59 Å². The number of benzene rings is 2. The molecule has 0 aliphatic carbocycles. The molecule has 0 radical (unpaired) electrons. The number of nitrogens with zero attached hydrogens (tertiary/aromatic N) is 1. The number of amides is 2. The molecule has 0 spiro atoms. The topological polar surface area (TPSA) is 105 Å². The number of imidazole rings is 1. The van der Waals surface area contributed by atoms with E-state index in [-0.39, 0.29) is 13.2 Å². The van der Waals surface area contributed by atoms with Crippen molar-refractivity contribution < 1.29 is 19.1 Å². The number of rotatable bonds is 4.